The molecule has 0 saturated carbocycles. The van der Waals surface area contributed by atoms with Gasteiger partial charge in [0.25, 0.3) is 0 Å². The van der Waals surface area contributed by atoms with E-state index in [2.05, 4.69) is 0 Å². The predicted molar refractivity (Wildman–Crippen MR) is 59.8 cm³/mol. The van der Waals surface area contributed by atoms with Crippen LogP contribution < -0.4 is 10.5 Å². The summed E-state index contributed by atoms with van der Waals surface area (Å²) in [6.45, 7) is 0.159. The lowest BCUT2D eigenvalue weighted by molar-refractivity contribution is 0.0512. The van der Waals surface area contributed by atoms with Gasteiger partial charge in [-0.25, -0.2) is 0 Å². The first-order chi connectivity index (χ1) is 6.65. The largest absolute Gasteiger partial charge is 0.466 e. The quantitative estimate of drug-likeness (QED) is 0.636. The van der Waals surface area contributed by atoms with Gasteiger partial charge in [0.05, 0.1) is 5.02 Å². The molecule has 2 N–H and O–H groups in total. The zero-order valence-corrected chi connectivity index (χ0v) is 9.19. The molecule has 5 heteroatoms. The van der Waals surface area contributed by atoms with Gasteiger partial charge < -0.3 is 15.2 Å². The highest BCUT2D eigenvalue weighted by Gasteiger charge is 2.04. The Bertz CT molecular complexity index is 344. The van der Waals surface area contributed by atoms with Gasteiger partial charge in [-0.2, -0.15) is 0 Å². The van der Waals surface area contributed by atoms with E-state index in [1.165, 1.54) is 7.11 Å². The van der Waals surface area contributed by atoms with E-state index in [-0.39, 0.29) is 6.79 Å². The molecule has 0 atom stereocenters. The number of methoxy groups -OCH3 is 1. The highest BCUT2D eigenvalue weighted by Crippen LogP contribution is 2.25. The summed E-state index contributed by atoms with van der Waals surface area (Å²) in [4.78, 5) is 0.310. The smallest absolute Gasteiger partial charge is 0.188 e. The van der Waals surface area contributed by atoms with Crippen molar-refractivity contribution in [2.45, 2.75) is 0 Å². The lowest BCUT2D eigenvalue weighted by Crippen LogP contribution is -2.09. The molecule has 1 rings (SSSR count). The van der Waals surface area contributed by atoms with Crippen LogP contribution in [0.1, 0.15) is 5.56 Å². The Labute approximate surface area is 92.8 Å². The molecule has 0 aliphatic rings. The molecule has 0 aliphatic carbocycles. The number of benzene rings is 1. The summed E-state index contributed by atoms with van der Waals surface area (Å²) in [6.07, 6.45) is 0. The van der Waals surface area contributed by atoms with Gasteiger partial charge in [0.15, 0.2) is 6.79 Å². The SMILES string of the molecule is COCOc1ccc(C(N)=S)cc1Cl. The molecule has 0 aromatic heterocycles. The van der Waals surface area contributed by atoms with Crippen molar-refractivity contribution in [3.8, 4) is 5.75 Å². The maximum absolute atomic E-state index is 5.91. The molecular weight excluding hydrogens is 222 g/mol. The van der Waals surface area contributed by atoms with Gasteiger partial charge in [-0.05, 0) is 18.2 Å². The molecule has 0 saturated heterocycles. The minimum absolute atomic E-state index is 0.159. The van der Waals surface area contributed by atoms with Crippen molar-refractivity contribution in [2.75, 3.05) is 13.9 Å². The van der Waals surface area contributed by atoms with Crippen molar-refractivity contribution in [3.63, 3.8) is 0 Å². The van der Waals surface area contributed by atoms with Crippen LogP contribution in [0.15, 0.2) is 18.2 Å². The van der Waals surface area contributed by atoms with Crippen molar-refractivity contribution in [1.82, 2.24) is 0 Å². The lowest BCUT2D eigenvalue weighted by Gasteiger charge is -2.07. The third-order valence-corrected chi connectivity index (χ3v) is 2.08. The second kappa shape index (κ2) is 5.14. The number of thiocarbonyl (C=S) groups is 1. The van der Waals surface area contributed by atoms with Crippen molar-refractivity contribution in [1.29, 1.82) is 0 Å². The van der Waals surface area contributed by atoms with E-state index in [9.17, 15) is 0 Å². The zero-order chi connectivity index (χ0) is 10.6. The molecular formula is C9H10ClNO2S. The monoisotopic (exact) mass is 231 g/mol. The van der Waals surface area contributed by atoms with E-state index in [0.29, 0.717) is 15.8 Å². The minimum atomic E-state index is 0.159. The Morgan fingerprint density at radius 2 is 2.29 bits per heavy atom. The van der Waals surface area contributed by atoms with E-state index in [0.717, 1.165) is 5.56 Å². The maximum Gasteiger partial charge on any atom is 0.188 e. The highest BCUT2D eigenvalue weighted by atomic mass is 35.5. The Hall–Kier alpha value is -0.840. The first-order valence-corrected chi connectivity index (χ1v) is 4.65. The second-order valence-electron chi connectivity index (χ2n) is 2.56. The van der Waals surface area contributed by atoms with Crippen molar-refractivity contribution in [3.05, 3.63) is 28.8 Å². The van der Waals surface area contributed by atoms with Gasteiger partial charge in [-0.3, -0.25) is 0 Å². The molecule has 0 unspecified atom stereocenters. The number of hydrogen-bond acceptors (Lipinski definition) is 3. The zero-order valence-electron chi connectivity index (χ0n) is 7.62. The van der Waals surface area contributed by atoms with Crippen LogP contribution in [0.25, 0.3) is 0 Å². The van der Waals surface area contributed by atoms with Gasteiger partial charge in [0.2, 0.25) is 0 Å². The Morgan fingerprint density at radius 3 is 2.79 bits per heavy atom. The van der Waals surface area contributed by atoms with Crippen LogP contribution in [0, 0.1) is 0 Å². The number of ether oxygens (including phenoxy) is 2. The molecule has 76 valence electrons. The standard InChI is InChI=1S/C9H10ClNO2S/c1-12-5-13-8-3-2-6(9(11)14)4-7(8)10/h2-4H,5H2,1H3,(H2,11,14). The minimum Gasteiger partial charge on any atom is -0.466 e. The third kappa shape index (κ3) is 2.83. The number of hydrogen-bond donors (Lipinski definition) is 1. The molecule has 1 aromatic carbocycles. The summed E-state index contributed by atoms with van der Waals surface area (Å²) >= 11 is 10.7. The Balaban J connectivity index is 2.84. The second-order valence-corrected chi connectivity index (χ2v) is 3.41. The summed E-state index contributed by atoms with van der Waals surface area (Å²) in [5.74, 6) is 0.550. The average molecular weight is 232 g/mol. The molecule has 0 radical (unpaired) electrons. The molecule has 14 heavy (non-hydrogen) atoms. The summed E-state index contributed by atoms with van der Waals surface area (Å²) in [5, 5.41) is 0.465. The van der Waals surface area contributed by atoms with Gasteiger partial charge >= 0.3 is 0 Å². The summed E-state index contributed by atoms with van der Waals surface area (Å²) in [5.41, 5.74) is 6.16. The van der Waals surface area contributed by atoms with Crippen LogP contribution in [0.3, 0.4) is 0 Å². The van der Waals surface area contributed by atoms with Crippen molar-refractivity contribution < 1.29 is 9.47 Å². The van der Waals surface area contributed by atoms with E-state index < -0.39 is 0 Å². The van der Waals surface area contributed by atoms with Gasteiger partial charge in [0, 0.05) is 12.7 Å². The number of nitrogens with two attached hydrogens (primary N) is 1. The van der Waals surface area contributed by atoms with Crippen LogP contribution in [0.4, 0.5) is 0 Å². The van der Waals surface area contributed by atoms with E-state index in [4.69, 9.17) is 39.0 Å². The van der Waals surface area contributed by atoms with Gasteiger partial charge in [-0.1, -0.05) is 23.8 Å². The molecule has 0 bridgehead atoms. The summed E-state index contributed by atoms with van der Waals surface area (Å²) in [6, 6.07) is 5.12. The normalized spacial score (nSPS) is 9.86. The Kier molecular flexibility index (Phi) is 4.13. The number of rotatable bonds is 4. The fourth-order valence-corrected chi connectivity index (χ4v) is 1.26. The van der Waals surface area contributed by atoms with Crippen LogP contribution >= 0.6 is 23.8 Å². The van der Waals surface area contributed by atoms with Gasteiger partial charge in [-0.15, -0.1) is 0 Å². The first-order valence-electron chi connectivity index (χ1n) is 3.86. The molecule has 0 aliphatic heterocycles. The first kappa shape index (κ1) is 11.2. The summed E-state index contributed by atoms with van der Waals surface area (Å²) < 4.78 is 9.93. The fourth-order valence-electron chi connectivity index (χ4n) is 0.894. The van der Waals surface area contributed by atoms with Crippen LogP contribution in [0.5, 0.6) is 5.75 Å². The van der Waals surface area contributed by atoms with E-state index >= 15 is 0 Å². The fraction of sp³-hybridized carbons (Fsp3) is 0.222. The number of halogens is 1. The van der Waals surface area contributed by atoms with Crippen LogP contribution in [-0.2, 0) is 4.74 Å². The molecule has 0 amide bonds. The average Bonchev–Trinajstić information content (AvgIpc) is 2.15. The van der Waals surface area contributed by atoms with Crippen molar-refractivity contribution in [2.24, 2.45) is 5.73 Å². The molecule has 0 spiro atoms. The highest BCUT2D eigenvalue weighted by molar-refractivity contribution is 7.80. The van der Waals surface area contributed by atoms with Crippen molar-refractivity contribution >= 4 is 28.8 Å². The Morgan fingerprint density at radius 1 is 1.57 bits per heavy atom. The predicted octanol–water partition coefficient (Wildman–Crippen LogP) is 1.96. The van der Waals surface area contributed by atoms with Crippen LogP contribution in [0.2, 0.25) is 5.02 Å². The van der Waals surface area contributed by atoms with Crippen LogP contribution in [-0.4, -0.2) is 18.9 Å². The van der Waals surface area contributed by atoms with Gasteiger partial charge in [0.1, 0.15) is 10.7 Å². The lowest BCUT2D eigenvalue weighted by atomic mass is 10.2. The summed E-state index contributed by atoms with van der Waals surface area (Å²) in [7, 11) is 1.54. The molecule has 3 nitrogen and oxygen atoms in total. The molecule has 0 fully saturated rings. The maximum atomic E-state index is 5.91. The molecule has 0 heterocycles. The van der Waals surface area contributed by atoms with E-state index in [1.54, 1.807) is 18.2 Å². The van der Waals surface area contributed by atoms with E-state index in [1.807, 2.05) is 0 Å². The molecule has 1 aromatic rings. The topological polar surface area (TPSA) is 44.5 Å². The third-order valence-electron chi connectivity index (χ3n) is 1.55.